The Bertz CT molecular complexity index is 473. The van der Waals surface area contributed by atoms with Crippen LogP contribution in [0.5, 0.6) is 11.5 Å². The zero-order chi connectivity index (χ0) is 15.1. The predicted octanol–water partition coefficient (Wildman–Crippen LogP) is 2.61. The number of hydrogen-bond donors (Lipinski definition) is 1. The molecule has 1 heterocycles. The Balaban J connectivity index is 1.81. The van der Waals surface area contributed by atoms with Crippen LogP contribution in [-0.2, 0) is 6.42 Å². The monoisotopic (exact) mass is 308 g/mol. The molecule has 1 aromatic rings. The molecule has 4 nitrogen and oxygen atoms in total. The summed E-state index contributed by atoms with van der Waals surface area (Å²) < 4.78 is 10.6. The topological polar surface area (TPSA) is 33.7 Å². The predicted molar refractivity (Wildman–Crippen MR) is 89.3 cm³/mol. The number of piperidine rings is 1. The lowest BCUT2D eigenvalue weighted by Crippen LogP contribution is -2.43. The lowest BCUT2D eigenvalue weighted by molar-refractivity contribution is 0.338. The van der Waals surface area contributed by atoms with Crippen LogP contribution in [0, 0.1) is 0 Å². The number of rotatable bonds is 5. The second kappa shape index (κ2) is 8.08. The average Bonchev–Trinajstić information content (AvgIpc) is 2.55. The van der Waals surface area contributed by atoms with E-state index in [1.807, 2.05) is 12.1 Å². The van der Waals surface area contributed by atoms with Crippen LogP contribution < -0.4 is 14.8 Å². The highest BCUT2D eigenvalue weighted by Crippen LogP contribution is 2.27. The van der Waals surface area contributed by atoms with Crippen LogP contribution in [-0.4, -0.2) is 43.9 Å². The first-order chi connectivity index (χ1) is 10.2. The molecule has 0 atom stereocenters. The van der Waals surface area contributed by atoms with Crippen LogP contribution in [0.15, 0.2) is 18.2 Å². The van der Waals surface area contributed by atoms with Crippen molar-refractivity contribution in [2.75, 3.05) is 33.9 Å². The Hall–Kier alpha value is -1.49. The molecule has 0 aromatic heterocycles. The second-order valence-electron chi connectivity index (χ2n) is 5.22. The molecule has 116 valence electrons. The number of benzene rings is 1. The number of nitrogens with zero attached hydrogens (tertiary/aromatic N) is 1. The summed E-state index contributed by atoms with van der Waals surface area (Å²) in [6, 6.07) is 6.02. The molecular formula is C16H24N2O2S. The van der Waals surface area contributed by atoms with Crippen molar-refractivity contribution in [2.24, 2.45) is 0 Å². The van der Waals surface area contributed by atoms with E-state index in [2.05, 4.69) is 16.3 Å². The SMILES string of the molecule is COc1ccc(CCNC(=S)N2CCCCC2)cc1OC. The molecule has 1 aromatic carbocycles. The summed E-state index contributed by atoms with van der Waals surface area (Å²) in [4.78, 5) is 2.27. The number of hydrogen-bond acceptors (Lipinski definition) is 3. The Morgan fingerprint density at radius 1 is 1.14 bits per heavy atom. The minimum absolute atomic E-state index is 0.762. The molecule has 5 heteroatoms. The number of methoxy groups -OCH3 is 2. The molecule has 0 spiro atoms. The molecule has 1 N–H and O–H groups in total. The molecule has 0 unspecified atom stereocenters. The largest absolute Gasteiger partial charge is 0.493 e. The van der Waals surface area contributed by atoms with E-state index >= 15 is 0 Å². The fraction of sp³-hybridized carbons (Fsp3) is 0.562. The Morgan fingerprint density at radius 2 is 1.86 bits per heavy atom. The van der Waals surface area contributed by atoms with Gasteiger partial charge in [-0.15, -0.1) is 0 Å². The molecule has 1 saturated heterocycles. The third-order valence-corrected chi connectivity index (χ3v) is 4.18. The lowest BCUT2D eigenvalue weighted by Gasteiger charge is -2.29. The van der Waals surface area contributed by atoms with Gasteiger partial charge in [0, 0.05) is 19.6 Å². The molecule has 1 aliphatic heterocycles. The quantitative estimate of drug-likeness (QED) is 0.846. The summed E-state index contributed by atoms with van der Waals surface area (Å²) in [5.74, 6) is 1.53. The highest BCUT2D eigenvalue weighted by atomic mass is 32.1. The maximum atomic E-state index is 5.45. The van der Waals surface area contributed by atoms with E-state index in [9.17, 15) is 0 Å². The Labute approximate surface area is 132 Å². The highest BCUT2D eigenvalue weighted by Gasteiger charge is 2.12. The van der Waals surface area contributed by atoms with E-state index in [0.29, 0.717) is 0 Å². The van der Waals surface area contributed by atoms with Gasteiger partial charge in [-0.2, -0.15) is 0 Å². The fourth-order valence-electron chi connectivity index (χ4n) is 2.56. The smallest absolute Gasteiger partial charge is 0.168 e. The average molecular weight is 308 g/mol. The van der Waals surface area contributed by atoms with Crippen molar-refractivity contribution in [1.29, 1.82) is 0 Å². The van der Waals surface area contributed by atoms with Crippen molar-refractivity contribution >= 4 is 17.3 Å². The summed E-state index contributed by atoms with van der Waals surface area (Å²) in [5, 5.41) is 4.24. The van der Waals surface area contributed by atoms with Gasteiger partial charge >= 0.3 is 0 Å². The highest BCUT2D eigenvalue weighted by molar-refractivity contribution is 7.80. The van der Waals surface area contributed by atoms with E-state index in [4.69, 9.17) is 21.7 Å². The minimum atomic E-state index is 0.762. The molecule has 0 saturated carbocycles. The number of ether oxygens (including phenoxy) is 2. The van der Waals surface area contributed by atoms with Gasteiger partial charge in [-0.1, -0.05) is 6.07 Å². The molecule has 0 aliphatic carbocycles. The van der Waals surface area contributed by atoms with Crippen LogP contribution >= 0.6 is 12.2 Å². The van der Waals surface area contributed by atoms with Crippen molar-refractivity contribution in [3.05, 3.63) is 23.8 Å². The van der Waals surface area contributed by atoms with Gasteiger partial charge in [0.15, 0.2) is 16.6 Å². The van der Waals surface area contributed by atoms with Crippen LogP contribution in [0.4, 0.5) is 0 Å². The van der Waals surface area contributed by atoms with E-state index < -0.39 is 0 Å². The molecule has 1 aliphatic rings. The number of nitrogens with one attached hydrogen (secondary N) is 1. The van der Waals surface area contributed by atoms with Gasteiger partial charge in [0.2, 0.25) is 0 Å². The summed E-state index contributed by atoms with van der Waals surface area (Å²) in [5.41, 5.74) is 1.21. The standard InChI is InChI=1S/C16H24N2O2S/c1-19-14-7-6-13(12-15(14)20-2)8-9-17-16(21)18-10-4-3-5-11-18/h6-7,12H,3-5,8-11H2,1-2H3,(H,17,21). The van der Waals surface area contributed by atoms with E-state index in [-0.39, 0.29) is 0 Å². The maximum Gasteiger partial charge on any atom is 0.168 e. The van der Waals surface area contributed by atoms with Crippen molar-refractivity contribution in [3.63, 3.8) is 0 Å². The molecule has 2 rings (SSSR count). The summed E-state index contributed by atoms with van der Waals surface area (Å²) in [7, 11) is 3.31. The lowest BCUT2D eigenvalue weighted by atomic mass is 10.1. The molecule has 0 bridgehead atoms. The normalized spacial score (nSPS) is 14.7. The fourth-order valence-corrected chi connectivity index (χ4v) is 2.84. The first-order valence-corrected chi connectivity index (χ1v) is 7.89. The van der Waals surface area contributed by atoms with Gasteiger partial charge in [0.1, 0.15) is 0 Å². The van der Waals surface area contributed by atoms with Crippen molar-refractivity contribution < 1.29 is 9.47 Å². The van der Waals surface area contributed by atoms with E-state index in [0.717, 1.165) is 42.7 Å². The zero-order valence-corrected chi connectivity index (χ0v) is 13.7. The number of likely N-dealkylation sites (tertiary alicyclic amines) is 1. The van der Waals surface area contributed by atoms with Crippen LogP contribution in [0.1, 0.15) is 24.8 Å². The number of thiocarbonyl (C=S) groups is 1. The molecular weight excluding hydrogens is 284 g/mol. The van der Waals surface area contributed by atoms with Crippen LogP contribution in [0.25, 0.3) is 0 Å². The third-order valence-electron chi connectivity index (χ3n) is 3.78. The van der Waals surface area contributed by atoms with Crippen LogP contribution in [0.3, 0.4) is 0 Å². The molecule has 1 fully saturated rings. The van der Waals surface area contributed by atoms with E-state index in [1.165, 1.54) is 24.8 Å². The molecule has 0 radical (unpaired) electrons. The molecule has 0 amide bonds. The third kappa shape index (κ3) is 4.49. The maximum absolute atomic E-state index is 5.45. The zero-order valence-electron chi connectivity index (χ0n) is 12.9. The van der Waals surface area contributed by atoms with Crippen molar-refractivity contribution in [2.45, 2.75) is 25.7 Å². The second-order valence-corrected chi connectivity index (χ2v) is 5.61. The Kier molecular flexibility index (Phi) is 6.11. The summed E-state index contributed by atoms with van der Waals surface area (Å²) in [6.45, 7) is 3.01. The molecule has 21 heavy (non-hydrogen) atoms. The first-order valence-electron chi connectivity index (χ1n) is 7.48. The van der Waals surface area contributed by atoms with Gasteiger partial charge < -0.3 is 19.7 Å². The van der Waals surface area contributed by atoms with Gasteiger partial charge in [-0.25, -0.2) is 0 Å². The first kappa shape index (κ1) is 15.9. The van der Waals surface area contributed by atoms with Crippen LogP contribution in [0.2, 0.25) is 0 Å². The van der Waals surface area contributed by atoms with Gasteiger partial charge in [-0.3, -0.25) is 0 Å². The van der Waals surface area contributed by atoms with Gasteiger partial charge in [0.25, 0.3) is 0 Å². The van der Waals surface area contributed by atoms with Crippen molar-refractivity contribution in [1.82, 2.24) is 10.2 Å². The Morgan fingerprint density at radius 3 is 2.52 bits per heavy atom. The van der Waals surface area contributed by atoms with Gasteiger partial charge in [0.05, 0.1) is 14.2 Å². The van der Waals surface area contributed by atoms with Gasteiger partial charge in [-0.05, 0) is 55.6 Å². The minimum Gasteiger partial charge on any atom is -0.493 e. The van der Waals surface area contributed by atoms with E-state index in [1.54, 1.807) is 14.2 Å². The summed E-state index contributed by atoms with van der Waals surface area (Å²) >= 11 is 5.45. The van der Waals surface area contributed by atoms with Crippen molar-refractivity contribution in [3.8, 4) is 11.5 Å². The summed E-state index contributed by atoms with van der Waals surface area (Å²) in [6.07, 6.45) is 4.73.